The highest BCUT2D eigenvalue weighted by molar-refractivity contribution is 5.74. The fourth-order valence-electron chi connectivity index (χ4n) is 2.44. The lowest BCUT2D eigenvalue weighted by atomic mass is 9.91. The third-order valence-electron chi connectivity index (χ3n) is 3.22. The minimum atomic E-state index is -0.716. The van der Waals surface area contributed by atoms with Gasteiger partial charge in [0.15, 0.2) is 0 Å². The smallest absolute Gasteiger partial charge is 0.321 e. The first-order valence-electron chi connectivity index (χ1n) is 5.63. The van der Waals surface area contributed by atoms with Crippen LogP contribution in [0.3, 0.4) is 0 Å². The van der Waals surface area contributed by atoms with Crippen LogP contribution in [-0.4, -0.2) is 38.8 Å². The van der Waals surface area contributed by atoms with Gasteiger partial charge in [0, 0.05) is 18.4 Å². The Labute approximate surface area is 94.5 Å². The highest BCUT2D eigenvalue weighted by Crippen LogP contribution is 2.24. The second kappa shape index (κ2) is 4.65. The Morgan fingerprint density at radius 1 is 1.75 bits per heavy atom. The number of nitrogens with one attached hydrogen (secondary N) is 1. The highest BCUT2D eigenvalue weighted by Gasteiger charge is 2.34. The van der Waals surface area contributed by atoms with E-state index in [4.69, 9.17) is 0 Å². The molecule has 2 atom stereocenters. The molecule has 2 unspecified atom stereocenters. The molecule has 1 aliphatic heterocycles. The van der Waals surface area contributed by atoms with Crippen molar-refractivity contribution in [3.63, 3.8) is 0 Å². The number of carboxylic acid groups (broad SMARTS) is 1. The molecule has 1 aromatic rings. The van der Waals surface area contributed by atoms with Crippen molar-refractivity contribution in [1.29, 1.82) is 0 Å². The number of aromatic amines is 1. The maximum absolute atomic E-state index is 11.2. The normalized spacial score (nSPS) is 26.8. The molecule has 1 fully saturated rings. The first-order valence-corrected chi connectivity index (χ1v) is 5.63. The molecule has 0 amide bonds. The summed E-state index contributed by atoms with van der Waals surface area (Å²) in [6, 6.07) is 1.52. The minimum Gasteiger partial charge on any atom is -0.480 e. The van der Waals surface area contributed by atoms with Crippen molar-refractivity contribution in [2.75, 3.05) is 6.54 Å². The number of H-pyrrole nitrogens is 1. The SMILES string of the molecule is CC1CCCN(Cc2ccn[nH]2)C1C(=O)O. The molecule has 16 heavy (non-hydrogen) atoms. The van der Waals surface area contributed by atoms with Crippen LogP contribution in [0.5, 0.6) is 0 Å². The molecular formula is C11H17N3O2. The summed E-state index contributed by atoms with van der Waals surface area (Å²) in [7, 11) is 0. The van der Waals surface area contributed by atoms with Crippen molar-refractivity contribution in [3.05, 3.63) is 18.0 Å². The van der Waals surface area contributed by atoms with Crippen LogP contribution in [0, 0.1) is 5.92 Å². The fraction of sp³-hybridized carbons (Fsp3) is 0.636. The second-order valence-corrected chi connectivity index (χ2v) is 4.45. The number of rotatable bonds is 3. The number of nitrogens with zero attached hydrogens (tertiary/aromatic N) is 2. The summed E-state index contributed by atoms with van der Waals surface area (Å²) in [4.78, 5) is 13.3. The van der Waals surface area contributed by atoms with Crippen molar-refractivity contribution in [2.45, 2.75) is 32.4 Å². The van der Waals surface area contributed by atoms with E-state index >= 15 is 0 Å². The molecule has 2 rings (SSSR count). The van der Waals surface area contributed by atoms with Gasteiger partial charge in [0.25, 0.3) is 0 Å². The lowest BCUT2D eigenvalue weighted by Crippen LogP contribution is -2.48. The fourth-order valence-corrected chi connectivity index (χ4v) is 2.44. The van der Waals surface area contributed by atoms with Crippen LogP contribution in [-0.2, 0) is 11.3 Å². The van der Waals surface area contributed by atoms with E-state index in [-0.39, 0.29) is 12.0 Å². The Morgan fingerprint density at radius 2 is 2.56 bits per heavy atom. The molecule has 2 N–H and O–H groups in total. The Kier molecular flexibility index (Phi) is 3.24. The molecule has 1 aromatic heterocycles. The molecule has 88 valence electrons. The zero-order chi connectivity index (χ0) is 11.5. The molecule has 2 heterocycles. The topological polar surface area (TPSA) is 69.2 Å². The van der Waals surface area contributed by atoms with Gasteiger partial charge in [-0.15, -0.1) is 0 Å². The summed E-state index contributed by atoms with van der Waals surface area (Å²) in [5, 5.41) is 16.0. The summed E-state index contributed by atoms with van der Waals surface area (Å²) in [5.41, 5.74) is 0.973. The first kappa shape index (κ1) is 11.1. The third-order valence-corrected chi connectivity index (χ3v) is 3.22. The molecule has 0 saturated carbocycles. The molecule has 0 spiro atoms. The molecule has 0 bridgehead atoms. The summed E-state index contributed by atoms with van der Waals surface area (Å²) in [6.07, 6.45) is 3.76. The predicted octanol–water partition coefficient (Wildman–Crippen LogP) is 1.09. The summed E-state index contributed by atoms with van der Waals surface area (Å²) in [5.74, 6) is -0.499. The minimum absolute atomic E-state index is 0.217. The Bertz CT molecular complexity index is 350. The second-order valence-electron chi connectivity index (χ2n) is 4.45. The van der Waals surface area contributed by atoms with Crippen LogP contribution in [0.4, 0.5) is 0 Å². The van der Waals surface area contributed by atoms with Crippen LogP contribution in [0.2, 0.25) is 0 Å². The molecule has 1 aliphatic rings. The van der Waals surface area contributed by atoms with E-state index < -0.39 is 5.97 Å². The number of hydrogen-bond donors (Lipinski definition) is 2. The van der Waals surface area contributed by atoms with Gasteiger partial charge in [-0.3, -0.25) is 14.8 Å². The molecule has 1 saturated heterocycles. The average Bonchev–Trinajstić information content (AvgIpc) is 2.70. The van der Waals surface area contributed by atoms with Crippen molar-refractivity contribution in [1.82, 2.24) is 15.1 Å². The molecule has 0 radical (unpaired) electrons. The maximum atomic E-state index is 11.2. The molecular weight excluding hydrogens is 206 g/mol. The summed E-state index contributed by atoms with van der Waals surface area (Å²) >= 11 is 0. The van der Waals surface area contributed by atoms with E-state index in [2.05, 4.69) is 10.2 Å². The van der Waals surface area contributed by atoms with Gasteiger partial charge in [-0.1, -0.05) is 6.92 Å². The van der Waals surface area contributed by atoms with E-state index in [1.165, 1.54) is 0 Å². The van der Waals surface area contributed by atoms with Gasteiger partial charge < -0.3 is 5.11 Å². The number of piperidine rings is 1. The maximum Gasteiger partial charge on any atom is 0.321 e. The number of carbonyl (C=O) groups is 1. The number of carboxylic acids is 1. The zero-order valence-corrected chi connectivity index (χ0v) is 9.39. The van der Waals surface area contributed by atoms with Gasteiger partial charge in [0.2, 0.25) is 0 Å². The van der Waals surface area contributed by atoms with Crippen LogP contribution in [0.15, 0.2) is 12.3 Å². The third kappa shape index (κ3) is 2.24. The van der Waals surface area contributed by atoms with Gasteiger partial charge in [-0.2, -0.15) is 5.10 Å². The zero-order valence-electron chi connectivity index (χ0n) is 9.39. The van der Waals surface area contributed by atoms with E-state index in [1.807, 2.05) is 17.9 Å². The van der Waals surface area contributed by atoms with Gasteiger partial charge in [-0.05, 0) is 31.4 Å². The van der Waals surface area contributed by atoms with E-state index in [0.29, 0.717) is 6.54 Å². The van der Waals surface area contributed by atoms with Crippen molar-refractivity contribution in [3.8, 4) is 0 Å². The standard InChI is InChI=1S/C11H17N3O2/c1-8-3-2-6-14(10(8)11(15)16)7-9-4-5-12-13-9/h4-5,8,10H,2-3,6-7H2,1H3,(H,12,13)(H,15,16). The average molecular weight is 223 g/mol. The number of likely N-dealkylation sites (tertiary alicyclic amines) is 1. The Morgan fingerprint density at radius 3 is 3.19 bits per heavy atom. The predicted molar refractivity (Wildman–Crippen MR) is 58.8 cm³/mol. The molecule has 5 heteroatoms. The lowest BCUT2D eigenvalue weighted by Gasteiger charge is -2.36. The number of aliphatic carboxylic acids is 1. The van der Waals surface area contributed by atoms with Crippen LogP contribution >= 0.6 is 0 Å². The quantitative estimate of drug-likeness (QED) is 0.805. The summed E-state index contributed by atoms with van der Waals surface area (Å²) < 4.78 is 0. The monoisotopic (exact) mass is 223 g/mol. The molecule has 0 aromatic carbocycles. The first-order chi connectivity index (χ1) is 7.68. The van der Waals surface area contributed by atoms with Crippen LogP contribution in [0.1, 0.15) is 25.5 Å². The van der Waals surface area contributed by atoms with Crippen LogP contribution < -0.4 is 0 Å². The lowest BCUT2D eigenvalue weighted by molar-refractivity contribution is -0.147. The largest absolute Gasteiger partial charge is 0.480 e. The van der Waals surface area contributed by atoms with Crippen LogP contribution in [0.25, 0.3) is 0 Å². The molecule has 0 aliphatic carbocycles. The van der Waals surface area contributed by atoms with Gasteiger partial charge in [-0.25, -0.2) is 0 Å². The van der Waals surface area contributed by atoms with Crippen molar-refractivity contribution >= 4 is 5.97 Å². The summed E-state index contributed by atoms with van der Waals surface area (Å²) in [6.45, 7) is 3.50. The number of hydrogen-bond acceptors (Lipinski definition) is 3. The number of aromatic nitrogens is 2. The van der Waals surface area contributed by atoms with Gasteiger partial charge in [0.1, 0.15) is 6.04 Å². The van der Waals surface area contributed by atoms with Gasteiger partial charge in [0.05, 0.1) is 0 Å². The van der Waals surface area contributed by atoms with E-state index in [1.54, 1.807) is 6.20 Å². The van der Waals surface area contributed by atoms with Gasteiger partial charge >= 0.3 is 5.97 Å². The highest BCUT2D eigenvalue weighted by atomic mass is 16.4. The van der Waals surface area contributed by atoms with Crippen molar-refractivity contribution < 1.29 is 9.90 Å². The Balaban J connectivity index is 2.08. The molecule has 5 nitrogen and oxygen atoms in total. The van der Waals surface area contributed by atoms with Crippen molar-refractivity contribution in [2.24, 2.45) is 5.92 Å². The Hall–Kier alpha value is -1.36. The van der Waals surface area contributed by atoms with E-state index in [0.717, 1.165) is 25.1 Å². The van der Waals surface area contributed by atoms with E-state index in [9.17, 15) is 9.90 Å².